The van der Waals surface area contributed by atoms with Gasteiger partial charge in [-0.2, -0.15) is 0 Å². The van der Waals surface area contributed by atoms with Crippen molar-refractivity contribution in [3.05, 3.63) is 0 Å². The van der Waals surface area contributed by atoms with E-state index in [1.807, 2.05) is 0 Å². The first-order valence-corrected chi connectivity index (χ1v) is 5.87. The fourth-order valence-electron chi connectivity index (χ4n) is 2.15. The zero-order chi connectivity index (χ0) is 10.4. The molecule has 1 N–H and O–H groups in total. The maximum Gasteiger partial charge on any atom is 0.0195 e. The van der Waals surface area contributed by atoms with Gasteiger partial charge in [-0.3, -0.25) is 4.90 Å². The van der Waals surface area contributed by atoms with Crippen molar-refractivity contribution in [2.75, 3.05) is 46.3 Å². The molecule has 1 atom stereocenters. The van der Waals surface area contributed by atoms with Gasteiger partial charge in [0.25, 0.3) is 0 Å². The number of rotatable bonds is 4. The zero-order valence-electron chi connectivity index (χ0n) is 9.92. The van der Waals surface area contributed by atoms with E-state index in [1.165, 1.54) is 32.6 Å². The van der Waals surface area contributed by atoms with Crippen LogP contribution in [0.1, 0.15) is 20.3 Å². The molecule has 3 heteroatoms. The van der Waals surface area contributed by atoms with Crippen molar-refractivity contribution in [3.8, 4) is 0 Å². The van der Waals surface area contributed by atoms with Gasteiger partial charge in [0.1, 0.15) is 0 Å². The molecule has 1 rings (SSSR count). The summed E-state index contributed by atoms with van der Waals surface area (Å²) in [5.74, 6) is 0. The minimum absolute atomic E-state index is 0.709. The fraction of sp³-hybridized carbons (Fsp3) is 1.00. The first-order valence-electron chi connectivity index (χ1n) is 5.87. The predicted molar refractivity (Wildman–Crippen MR) is 61.7 cm³/mol. The van der Waals surface area contributed by atoms with E-state index in [1.54, 1.807) is 0 Å². The van der Waals surface area contributed by atoms with Crippen molar-refractivity contribution in [1.82, 2.24) is 15.1 Å². The van der Waals surface area contributed by atoms with Crippen LogP contribution in [-0.4, -0.2) is 62.2 Å². The molecule has 0 aromatic carbocycles. The van der Waals surface area contributed by atoms with Crippen molar-refractivity contribution in [1.29, 1.82) is 0 Å². The zero-order valence-corrected chi connectivity index (χ0v) is 9.92. The molecule has 0 saturated carbocycles. The molecule has 0 aromatic heterocycles. The number of nitrogens with zero attached hydrogens (tertiary/aromatic N) is 2. The van der Waals surface area contributed by atoms with Gasteiger partial charge < -0.3 is 10.2 Å². The van der Waals surface area contributed by atoms with Crippen LogP contribution < -0.4 is 5.32 Å². The quantitative estimate of drug-likeness (QED) is 0.670. The molecule has 1 aliphatic rings. The van der Waals surface area contributed by atoms with Crippen LogP contribution in [0.5, 0.6) is 0 Å². The second-order valence-corrected chi connectivity index (χ2v) is 4.35. The summed E-state index contributed by atoms with van der Waals surface area (Å²) in [7, 11) is 2.23. The van der Waals surface area contributed by atoms with Gasteiger partial charge in [-0.05, 0) is 40.0 Å². The van der Waals surface area contributed by atoms with Crippen LogP contribution in [0.4, 0.5) is 0 Å². The average molecular weight is 199 g/mol. The summed E-state index contributed by atoms with van der Waals surface area (Å²) in [6, 6.07) is 0.709. The van der Waals surface area contributed by atoms with E-state index in [4.69, 9.17) is 0 Å². The summed E-state index contributed by atoms with van der Waals surface area (Å²) < 4.78 is 0. The molecule has 0 aliphatic carbocycles. The van der Waals surface area contributed by atoms with Crippen molar-refractivity contribution in [2.24, 2.45) is 0 Å². The number of hydrogen-bond acceptors (Lipinski definition) is 3. The Morgan fingerprint density at radius 2 is 2.14 bits per heavy atom. The van der Waals surface area contributed by atoms with Gasteiger partial charge in [-0.25, -0.2) is 0 Å². The molecule has 1 aliphatic heterocycles. The Labute approximate surface area is 88.5 Å². The molecule has 0 bridgehead atoms. The van der Waals surface area contributed by atoms with Gasteiger partial charge in [-0.1, -0.05) is 6.92 Å². The Bertz CT molecular complexity index is 149. The lowest BCUT2D eigenvalue weighted by Gasteiger charge is -2.27. The Balaban J connectivity index is 2.27. The average Bonchev–Trinajstić information content (AvgIpc) is 2.29. The molecular formula is C11H25N3. The van der Waals surface area contributed by atoms with Crippen LogP contribution in [0.15, 0.2) is 0 Å². The fourth-order valence-corrected chi connectivity index (χ4v) is 2.15. The third-order valence-corrected chi connectivity index (χ3v) is 3.01. The Hall–Kier alpha value is -0.120. The molecule has 1 fully saturated rings. The second-order valence-electron chi connectivity index (χ2n) is 4.35. The second kappa shape index (κ2) is 6.38. The van der Waals surface area contributed by atoms with E-state index in [9.17, 15) is 0 Å². The molecule has 1 heterocycles. The topological polar surface area (TPSA) is 18.5 Å². The van der Waals surface area contributed by atoms with Gasteiger partial charge >= 0.3 is 0 Å². The van der Waals surface area contributed by atoms with E-state index in [0.717, 1.165) is 13.1 Å². The van der Waals surface area contributed by atoms with E-state index < -0.39 is 0 Å². The molecule has 14 heavy (non-hydrogen) atoms. The number of likely N-dealkylation sites (N-methyl/N-ethyl adjacent to an activating group) is 2. The highest BCUT2D eigenvalue weighted by Gasteiger charge is 2.18. The summed E-state index contributed by atoms with van der Waals surface area (Å²) in [4.78, 5) is 5.05. The van der Waals surface area contributed by atoms with Gasteiger partial charge in [0.05, 0.1) is 0 Å². The van der Waals surface area contributed by atoms with Gasteiger partial charge in [-0.15, -0.1) is 0 Å². The van der Waals surface area contributed by atoms with Gasteiger partial charge in [0.2, 0.25) is 0 Å². The van der Waals surface area contributed by atoms with Crippen molar-refractivity contribution >= 4 is 0 Å². The summed E-state index contributed by atoms with van der Waals surface area (Å²) >= 11 is 0. The molecule has 0 radical (unpaired) electrons. The lowest BCUT2D eigenvalue weighted by Crippen LogP contribution is -2.41. The number of nitrogens with one attached hydrogen (secondary N) is 1. The smallest absolute Gasteiger partial charge is 0.0195 e. The molecule has 0 aromatic rings. The highest BCUT2D eigenvalue weighted by Crippen LogP contribution is 2.07. The normalized spacial score (nSPS) is 26.4. The minimum atomic E-state index is 0.709. The predicted octanol–water partition coefficient (Wildman–Crippen LogP) is 0.622. The Morgan fingerprint density at radius 3 is 2.86 bits per heavy atom. The lowest BCUT2D eigenvalue weighted by molar-refractivity contribution is 0.203. The van der Waals surface area contributed by atoms with E-state index in [-0.39, 0.29) is 0 Å². The molecule has 1 unspecified atom stereocenters. The first kappa shape index (κ1) is 12.0. The number of hydrogen-bond donors (Lipinski definition) is 1. The van der Waals surface area contributed by atoms with Crippen LogP contribution in [-0.2, 0) is 0 Å². The minimum Gasteiger partial charge on any atom is -0.316 e. The van der Waals surface area contributed by atoms with Gasteiger partial charge in [0.15, 0.2) is 0 Å². The molecule has 84 valence electrons. The molecular weight excluding hydrogens is 174 g/mol. The van der Waals surface area contributed by atoms with E-state index >= 15 is 0 Å². The molecule has 0 spiro atoms. The van der Waals surface area contributed by atoms with Crippen molar-refractivity contribution in [3.63, 3.8) is 0 Å². The van der Waals surface area contributed by atoms with Crippen LogP contribution in [0, 0.1) is 0 Å². The van der Waals surface area contributed by atoms with Crippen LogP contribution in [0.3, 0.4) is 0 Å². The summed E-state index contributed by atoms with van der Waals surface area (Å²) in [5, 5.41) is 3.39. The standard InChI is InChI=1S/C11H25N3/c1-4-12-6-9-14-8-5-7-13(3)10-11(14)2/h11-12H,4-10H2,1-3H3. The molecule has 3 nitrogen and oxygen atoms in total. The highest BCUT2D eigenvalue weighted by atomic mass is 15.2. The maximum absolute atomic E-state index is 3.39. The third-order valence-electron chi connectivity index (χ3n) is 3.01. The van der Waals surface area contributed by atoms with Crippen LogP contribution >= 0.6 is 0 Å². The van der Waals surface area contributed by atoms with E-state index in [0.29, 0.717) is 6.04 Å². The summed E-state index contributed by atoms with van der Waals surface area (Å²) in [6.07, 6.45) is 1.31. The maximum atomic E-state index is 3.39. The van der Waals surface area contributed by atoms with Gasteiger partial charge in [0, 0.05) is 25.7 Å². The Morgan fingerprint density at radius 1 is 1.36 bits per heavy atom. The summed E-state index contributed by atoms with van der Waals surface area (Å²) in [6.45, 7) is 11.6. The molecule has 0 amide bonds. The van der Waals surface area contributed by atoms with Crippen molar-refractivity contribution < 1.29 is 0 Å². The van der Waals surface area contributed by atoms with Crippen LogP contribution in [0.25, 0.3) is 0 Å². The van der Waals surface area contributed by atoms with Crippen LogP contribution in [0.2, 0.25) is 0 Å². The SMILES string of the molecule is CCNCCN1CCCN(C)CC1C. The Kier molecular flexibility index (Phi) is 5.45. The summed E-state index contributed by atoms with van der Waals surface area (Å²) in [5.41, 5.74) is 0. The van der Waals surface area contributed by atoms with Crippen molar-refractivity contribution in [2.45, 2.75) is 26.3 Å². The highest BCUT2D eigenvalue weighted by molar-refractivity contribution is 4.75. The lowest BCUT2D eigenvalue weighted by atomic mass is 10.2. The first-order chi connectivity index (χ1) is 6.74. The molecule has 1 saturated heterocycles. The monoisotopic (exact) mass is 199 g/mol. The van der Waals surface area contributed by atoms with E-state index in [2.05, 4.69) is 36.0 Å². The largest absolute Gasteiger partial charge is 0.316 e. The third kappa shape index (κ3) is 3.95.